The standard InChI is InChI=1S/C13H13BrN2/c1-10(12-6-2-3-8-16-12)13(14)11-5-4-7-15-9-11/h2-10,13H,1H3. The molecule has 0 radical (unpaired) electrons. The molecule has 2 atom stereocenters. The molecule has 0 amide bonds. The molecule has 2 nitrogen and oxygen atoms in total. The van der Waals surface area contributed by atoms with Gasteiger partial charge < -0.3 is 0 Å². The van der Waals surface area contributed by atoms with Gasteiger partial charge in [0.25, 0.3) is 0 Å². The molecule has 3 heteroatoms. The van der Waals surface area contributed by atoms with Gasteiger partial charge in [-0.1, -0.05) is 35.0 Å². The highest BCUT2D eigenvalue weighted by Gasteiger charge is 2.18. The van der Waals surface area contributed by atoms with Crippen molar-refractivity contribution in [3.63, 3.8) is 0 Å². The summed E-state index contributed by atoms with van der Waals surface area (Å²) in [5.74, 6) is 0.324. The van der Waals surface area contributed by atoms with Gasteiger partial charge in [0.2, 0.25) is 0 Å². The Labute approximate surface area is 104 Å². The molecule has 0 fully saturated rings. The summed E-state index contributed by atoms with van der Waals surface area (Å²) in [5, 5.41) is 0. The van der Waals surface area contributed by atoms with E-state index >= 15 is 0 Å². The van der Waals surface area contributed by atoms with E-state index in [0.29, 0.717) is 5.92 Å². The molecule has 0 saturated heterocycles. The Bertz CT molecular complexity index is 387. The van der Waals surface area contributed by atoms with Gasteiger partial charge in [-0.05, 0) is 23.8 Å². The first-order valence-electron chi connectivity index (χ1n) is 5.24. The van der Waals surface area contributed by atoms with Crippen LogP contribution in [0, 0.1) is 0 Å². The number of hydrogen-bond acceptors (Lipinski definition) is 2. The molecule has 0 aromatic carbocycles. The molecule has 0 aliphatic heterocycles. The van der Waals surface area contributed by atoms with Crippen LogP contribution in [0.2, 0.25) is 0 Å². The van der Waals surface area contributed by atoms with Crippen LogP contribution in [0.1, 0.15) is 28.9 Å². The number of halogens is 1. The van der Waals surface area contributed by atoms with Crippen molar-refractivity contribution < 1.29 is 0 Å². The van der Waals surface area contributed by atoms with Crippen molar-refractivity contribution in [2.24, 2.45) is 0 Å². The normalized spacial score (nSPS) is 14.4. The Morgan fingerprint density at radius 1 is 1.12 bits per heavy atom. The maximum atomic E-state index is 4.37. The lowest BCUT2D eigenvalue weighted by Gasteiger charge is -2.17. The molecule has 2 aromatic rings. The average molecular weight is 277 g/mol. The van der Waals surface area contributed by atoms with E-state index in [0.717, 1.165) is 5.69 Å². The summed E-state index contributed by atoms with van der Waals surface area (Å²) in [6.45, 7) is 2.16. The zero-order chi connectivity index (χ0) is 11.4. The molecule has 0 aliphatic carbocycles. The summed E-state index contributed by atoms with van der Waals surface area (Å²) in [7, 11) is 0. The third-order valence-electron chi connectivity index (χ3n) is 2.60. The summed E-state index contributed by atoms with van der Waals surface area (Å²) in [4.78, 5) is 8.75. The minimum Gasteiger partial charge on any atom is -0.264 e. The zero-order valence-electron chi connectivity index (χ0n) is 9.05. The highest BCUT2D eigenvalue weighted by Crippen LogP contribution is 2.36. The molecule has 0 bridgehead atoms. The first-order chi connectivity index (χ1) is 7.79. The first-order valence-corrected chi connectivity index (χ1v) is 6.15. The molecule has 0 saturated carbocycles. The van der Waals surface area contributed by atoms with Crippen molar-refractivity contribution in [1.82, 2.24) is 9.97 Å². The van der Waals surface area contributed by atoms with E-state index in [1.165, 1.54) is 5.56 Å². The molecule has 82 valence electrons. The first kappa shape index (κ1) is 11.3. The van der Waals surface area contributed by atoms with E-state index in [9.17, 15) is 0 Å². The van der Waals surface area contributed by atoms with E-state index in [4.69, 9.17) is 0 Å². The van der Waals surface area contributed by atoms with Gasteiger partial charge in [-0.15, -0.1) is 0 Å². The topological polar surface area (TPSA) is 25.8 Å². The second kappa shape index (κ2) is 5.21. The summed E-state index contributed by atoms with van der Waals surface area (Å²) in [5.41, 5.74) is 2.27. The summed E-state index contributed by atoms with van der Waals surface area (Å²) < 4.78 is 0. The Kier molecular flexibility index (Phi) is 3.67. The highest BCUT2D eigenvalue weighted by atomic mass is 79.9. The van der Waals surface area contributed by atoms with E-state index in [-0.39, 0.29) is 4.83 Å². The van der Waals surface area contributed by atoms with Crippen molar-refractivity contribution in [1.29, 1.82) is 0 Å². The number of nitrogens with zero attached hydrogens (tertiary/aromatic N) is 2. The Morgan fingerprint density at radius 3 is 2.62 bits per heavy atom. The molecule has 0 aliphatic rings. The van der Waals surface area contributed by atoms with Crippen LogP contribution in [0.4, 0.5) is 0 Å². The second-order valence-electron chi connectivity index (χ2n) is 3.73. The van der Waals surface area contributed by atoms with Gasteiger partial charge in [0.05, 0.1) is 0 Å². The van der Waals surface area contributed by atoms with E-state index in [1.54, 1.807) is 6.20 Å². The van der Waals surface area contributed by atoms with Gasteiger partial charge in [-0.2, -0.15) is 0 Å². The lowest BCUT2D eigenvalue weighted by molar-refractivity contribution is 0.722. The lowest BCUT2D eigenvalue weighted by Crippen LogP contribution is -2.04. The predicted molar refractivity (Wildman–Crippen MR) is 68.6 cm³/mol. The minimum absolute atomic E-state index is 0.246. The third kappa shape index (κ3) is 2.47. The summed E-state index contributed by atoms with van der Waals surface area (Å²) >= 11 is 3.71. The van der Waals surface area contributed by atoms with Crippen molar-refractivity contribution >= 4 is 15.9 Å². The van der Waals surface area contributed by atoms with Crippen LogP contribution in [0.15, 0.2) is 48.9 Å². The van der Waals surface area contributed by atoms with Gasteiger partial charge >= 0.3 is 0 Å². The molecular weight excluding hydrogens is 264 g/mol. The van der Waals surface area contributed by atoms with Crippen LogP contribution in [0.3, 0.4) is 0 Å². The van der Waals surface area contributed by atoms with E-state index < -0.39 is 0 Å². The summed E-state index contributed by atoms with van der Waals surface area (Å²) in [6, 6.07) is 10.0. The second-order valence-corrected chi connectivity index (χ2v) is 4.72. The molecule has 2 unspecified atom stereocenters. The monoisotopic (exact) mass is 276 g/mol. The van der Waals surface area contributed by atoms with Crippen LogP contribution in [0.5, 0.6) is 0 Å². The molecule has 2 heterocycles. The minimum atomic E-state index is 0.246. The SMILES string of the molecule is CC(c1ccccn1)C(Br)c1cccnc1. The van der Waals surface area contributed by atoms with Crippen LogP contribution in [-0.4, -0.2) is 9.97 Å². The maximum Gasteiger partial charge on any atom is 0.0491 e. The quantitative estimate of drug-likeness (QED) is 0.799. The molecule has 16 heavy (non-hydrogen) atoms. The summed E-state index contributed by atoms with van der Waals surface area (Å²) in [6.07, 6.45) is 5.50. The lowest BCUT2D eigenvalue weighted by atomic mass is 9.98. The fourth-order valence-electron chi connectivity index (χ4n) is 1.62. The largest absolute Gasteiger partial charge is 0.264 e. The Morgan fingerprint density at radius 2 is 2.00 bits per heavy atom. The van der Waals surface area contributed by atoms with Crippen molar-refractivity contribution in [2.45, 2.75) is 17.7 Å². The smallest absolute Gasteiger partial charge is 0.0491 e. The third-order valence-corrected chi connectivity index (χ3v) is 3.92. The van der Waals surface area contributed by atoms with Crippen molar-refractivity contribution in [2.75, 3.05) is 0 Å². The van der Waals surface area contributed by atoms with Gasteiger partial charge in [0.15, 0.2) is 0 Å². The van der Waals surface area contributed by atoms with Crippen molar-refractivity contribution in [3.8, 4) is 0 Å². The van der Waals surface area contributed by atoms with Crippen LogP contribution < -0.4 is 0 Å². The van der Waals surface area contributed by atoms with E-state index in [2.05, 4.69) is 45.0 Å². The number of hydrogen-bond donors (Lipinski definition) is 0. The van der Waals surface area contributed by atoms with E-state index in [1.807, 2.05) is 30.6 Å². The fraction of sp³-hybridized carbons (Fsp3) is 0.231. The van der Waals surface area contributed by atoms with Crippen LogP contribution >= 0.6 is 15.9 Å². The number of pyridine rings is 2. The Hall–Kier alpha value is -1.22. The van der Waals surface area contributed by atoms with Crippen LogP contribution in [-0.2, 0) is 0 Å². The highest BCUT2D eigenvalue weighted by molar-refractivity contribution is 9.09. The molecule has 2 aromatic heterocycles. The maximum absolute atomic E-state index is 4.37. The zero-order valence-corrected chi connectivity index (χ0v) is 10.6. The Balaban J connectivity index is 2.20. The molecule has 2 rings (SSSR count). The molecule has 0 N–H and O–H groups in total. The predicted octanol–water partition coefficient (Wildman–Crippen LogP) is 3.72. The fourth-order valence-corrected chi connectivity index (χ4v) is 2.16. The van der Waals surface area contributed by atoms with Gasteiger partial charge in [0, 0.05) is 35.0 Å². The van der Waals surface area contributed by atoms with Gasteiger partial charge in [0.1, 0.15) is 0 Å². The van der Waals surface area contributed by atoms with Crippen LogP contribution in [0.25, 0.3) is 0 Å². The number of aromatic nitrogens is 2. The average Bonchev–Trinajstić information content (AvgIpc) is 2.39. The molecular formula is C13H13BrN2. The number of alkyl halides is 1. The van der Waals surface area contributed by atoms with Crippen molar-refractivity contribution in [3.05, 3.63) is 60.2 Å². The number of rotatable bonds is 3. The molecule has 0 spiro atoms. The van der Waals surface area contributed by atoms with Gasteiger partial charge in [-0.25, -0.2) is 0 Å². The van der Waals surface area contributed by atoms with Gasteiger partial charge in [-0.3, -0.25) is 9.97 Å².